The van der Waals surface area contributed by atoms with E-state index in [1.807, 2.05) is 12.2 Å². The molecule has 5 aliphatic rings. The van der Waals surface area contributed by atoms with Gasteiger partial charge in [-0.15, -0.1) is 0 Å². The fraction of sp³-hybridized carbons (Fsp3) is 0.618. The number of benzene rings is 1. The molecule has 6 atom stereocenters. The van der Waals surface area contributed by atoms with Crippen LogP contribution in [-0.2, 0) is 32.2 Å². The second-order valence-corrected chi connectivity index (χ2v) is 14.7. The lowest BCUT2D eigenvalue weighted by molar-refractivity contribution is -0.146. The molecule has 3 fully saturated rings. The lowest BCUT2D eigenvalue weighted by atomic mass is 9.93. The van der Waals surface area contributed by atoms with Crippen molar-refractivity contribution in [2.24, 2.45) is 17.8 Å². The number of aliphatic carboxylic acids is 1. The standard InChI is InChI=1S/C34H44FN5O7/c1-33(2,3)47-31(45)36-26-10-8-6-4-5-7-9-23-14-34(23,30(43)44)37-28(41)27-25-19-39(17-22(25)18-40(27)29(26)42)32(46)38-15-20-11-12-24(35)13-21(20)16-38/h7,9,11-13,22-23,25-27H,4-6,8,10,14-19H2,1-3H3,(H,36,45)(H,37,41)(H,43,44)/b9-7-/t22-,23+,25-,26+,27-,34-/m0/s1. The van der Waals surface area contributed by atoms with Crippen LogP contribution in [-0.4, -0.2) is 92.6 Å². The number of hydrogen-bond acceptors (Lipinski definition) is 6. The van der Waals surface area contributed by atoms with Gasteiger partial charge in [0.05, 0.1) is 0 Å². The summed E-state index contributed by atoms with van der Waals surface area (Å²) in [6.07, 6.45) is 6.71. The number of hydrogen-bond donors (Lipinski definition) is 3. The molecule has 3 N–H and O–H groups in total. The minimum Gasteiger partial charge on any atom is -0.479 e. The molecule has 13 heteroatoms. The van der Waals surface area contributed by atoms with Gasteiger partial charge in [-0.2, -0.15) is 0 Å². The molecule has 5 amide bonds. The number of carboxylic acids is 1. The van der Waals surface area contributed by atoms with E-state index in [0.29, 0.717) is 25.9 Å². The van der Waals surface area contributed by atoms with Crippen LogP contribution < -0.4 is 10.6 Å². The molecule has 1 aromatic rings. The van der Waals surface area contributed by atoms with Gasteiger partial charge in [-0.1, -0.05) is 31.1 Å². The van der Waals surface area contributed by atoms with Crippen LogP contribution in [0.3, 0.4) is 0 Å². The molecule has 6 rings (SSSR count). The summed E-state index contributed by atoms with van der Waals surface area (Å²) in [7, 11) is 0. The Morgan fingerprint density at radius 1 is 1.04 bits per heavy atom. The van der Waals surface area contributed by atoms with Crippen molar-refractivity contribution in [3.05, 3.63) is 47.3 Å². The first-order valence-electron chi connectivity index (χ1n) is 16.6. The molecule has 4 aliphatic heterocycles. The van der Waals surface area contributed by atoms with Crippen LogP contribution in [0.2, 0.25) is 0 Å². The minimum atomic E-state index is -1.46. The Balaban J connectivity index is 1.25. The Kier molecular flexibility index (Phi) is 8.69. The Morgan fingerprint density at radius 2 is 1.81 bits per heavy atom. The van der Waals surface area contributed by atoms with E-state index < -0.39 is 53.0 Å². The highest BCUT2D eigenvalue weighted by Crippen LogP contribution is 2.46. The van der Waals surface area contributed by atoms with E-state index in [2.05, 4.69) is 10.6 Å². The fourth-order valence-electron chi connectivity index (χ4n) is 7.67. The van der Waals surface area contributed by atoms with Crippen molar-refractivity contribution in [1.82, 2.24) is 25.3 Å². The van der Waals surface area contributed by atoms with Crippen LogP contribution in [0.25, 0.3) is 0 Å². The number of carboxylic acid groups (broad SMARTS) is 1. The molecule has 0 radical (unpaired) electrons. The zero-order valence-corrected chi connectivity index (χ0v) is 27.2. The number of carbonyl (C=O) groups is 5. The van der Waals surface area contributed by atoms with Crippen molar-refractivity contribution in [2.45, 2.75) is 95.6 Å². The van der Waals surface area contributed by atoms with Gasteiger partial charge in [0.15, 0.2) is 0 Å². The topological polar surface area (TPSA) is 149 Å². The number of carbonyl (C=O) groups excluding carboxylic acids is 4. The predicted octanol–water partition coefficient (Wildman–Crippen LogP) is 3.39. The lowest BCUT2D eigenvalue weighted by Gasteiger charge is -2.33. The number of fused-ring (bicyclic) bond motifs is 5. The number of likely N-dealkylation sites (tertiary alicyclic amines) is 1. The largest absolute Gasteiger partial charge is 0.479 e. The molecule has 12 nitrogen and oxygen atoms in total. The van der Waals surface area contributed by atoms with Gasteiger partial charge >= 0.3 is 18.1 Å². The Hall–Kier alpha value is -4.16. The third kappa shape index (κ3) is 6.66. The van der Waals surface area contributed by atoms with Gasteiger partial charge in [-0.3, -0.25) is 9.59 Å². The van der Waals surface area contributed by atoms with Crippen molar-refractivity contribution >= 4 is 29.9 Å². The number of nitrogens with one attached hydrogen (secondary N) is 2. The van der Waals surface area contributed by atoms with E-state index in [9.17, 15) is 33.5 Å². The van der Waals surface area contributed by atoms with Crippen molar-refractivity contribution in [3.8, 4) is 0 Å². The van der Waals surface area contributed by atoms with Crippen LogP contribution in [0.5, 0.6) is 0 Å². The maximum Gasteiger partial charge on any atom is 0.408 e. The van der Waals surface area contributed by atoms with Crippen molar-refractivity contribution < 1.29 is 38.2 Å². The lowest BCUT2D eigenvalue weighted by Crippen LogP contribution is -2.58. The first kappa shape index (κ1) is 32.8. The van der Waals surface area contributed by atoms with Crippen LogP contribution in [0.1, 0.15) is 70.4 Å². The van der Waals surface area contributed by atoms with Gasteiger partial charge in [0.2, 0.25) is 11.8 Å². The third-order valence-corrected chi connectivity index (χ3v) is 10.1. The third-order valence-electron chi connectivity index (χ3n) is 10.1. The number of nitrogens with zero attached hydrogens (tertiary/aromatic N) is 3. The summed E-state index contributed by atoms with van der Waals surface area (Å²) in [6, 6.07) is 2.29. The molecule has 254 valence electrons. The predicted molar refractivity (Wildman–Crippen MR) is 167 cm³/mol. The average molecular weight is 654 g/mol. The summed E-state index contributed by atoms with van der Waals surface area (Å²) in [5, 5.41) is 15.7. The second-order valence-electron chi connectivity index (χ2n) is 14.7. The van der Waals surface area contributed by atoms with E-state index in [0.717, 1.165) is 30.4 Å². The summed E-state index contributed by atoms with van der Waals surface area (Å²) in [4.78, 5) is 72.1. The minimum absolute atomic E-state index is 0.173. The van der Waals surface area contributed by atoms with Gasteiger partial charge in [0.1, 0.15) is 29.0 Å². The zero-order chi connectivity index (χ0) is 33.7. The quantitative estimate of drug-likeness (QED) is 0.415. The van der Waals surface area contributed by atoms with Gasteiger partial charge < -0.3 is 35.2 Å². The van der Waals surface area contributed by atoms with Crippen LogP contribution in [0.4, 0.5) is 14.0 Å². The van der Waals surface area contributed by atoms with Crippen molar-refractivity contribution in [1.29, 1.82) is 0 Å². The van der Waals surface area contributed by atoms with Gasteiger partial charge in [0, 0.05) is 50.5 Å². The summed E-state index contributed by atoms with van der Waals surface area (Å²) in [6.45, 7) is 6.50. The van der Waals surface area contributed by atoms with E-state index in [4.69, 9.17) is 4.74 Å². The maximum atomic E-state index is 14.3. The van der Waals surface area contributed by atoms with E-state index in [-0.39, 0.29) is 49.7 Å². The fourth-order valence-corrected chi connectivity index (χ4v) is 7.67. The van der Waals surface area contributed by atoms with E-state index >= 15 is 0 Å². The highest BCUT2D eigenvalue weighted by atomic mass is 19.1. The Labute approximate surface area is 273 Å². The number of ether oxygens (including phenoxy) is 1. The molecule has 0 unspecified atom stereocenters. The molecule has 0 aromatic heterocycles. The van der Waals surface area contributed by atoms with Gasteiger partial charge in [-0.05, 0) is 69.7 Å². The van der Waals surface area contributed by atoms with Gasteiger partial charge in [0.25, 0.3) is 0 Å². The smallest absolute Gasteiger partial charge is 0.408 e. The molecule has 2 saturated heterocycles. The van der Waals surface area contributed by atoms with E-state index in [1.54, 1.807) is 36.6 Å². The number of rotatable bonds is 2. The highest BCUT2D eigenvalue weighted by Gasteiger charge is 2.63. The monoisotopic (exact) mass is 653 g/mol. The molecular weight excluding hydrogens is 609 g/mol. The number of amides is 5. The molecular formula is C34H44FN5O7. The first-order chi connectivity index (χ1) is 22.3. The Morgan fingerprint density at radius 3 is 2.55 bits per heavy atom. The first-order valence-corrected chi connectivity index (χ1v) is 16.6. The molecule has 47 heavy (non-hydrogen) atoms. The summed E-state index contributed by atoms with van der Waals surface area (Å²) in [5.41, 5.74) is -0.600. The second kappa shape index (κ2) is 12.5. The number of allylic oxidation sites excluding steroid dienone is 1. The average Bonchev–Trinajstić information content (AvgIpc) is 3.27. The van der Waals surface area contributed by atoms with Crippen LogP contribution in [0, 0.1) is 23.6 Å². The summed E-state index contributed by atoms with van der Waals surface area (Å²) in [5.74, 6) is -3.53. The molecule has 0 bridgehead atoms. The normalized spacial score (nSPS) is 31.4. The molecule has 1 aliphatic carbocycles. The highest BCUT2D eigenvalue weighted by molar-refractivity contribution is 5.96. The molecule has 1 saturated carbocycles. The number of urea groups is 1. The maximum absolute atomic E-state index is 14.3. The van der Waals surface area contributed by atoms with E-state index in [1.165, 1.54) is 17.0 Å². The molecule has 1 aromatic carbocycles. The Bertz CT molecular complexity index is 1490. The summed E-state index contributed by atoms with van der Waals surface area (Å²) < 4.78 is 19.3. The van der Waals surface area contributed by atoms with Crippen LogP contribution >= 0.6 is 0 Å². The molecule has 4 heterocycles. The number of halogens is 1. The number of alkyl carbamates (subject to hydrolysis) is 1. The van der Waals surface area contributed by atoms with Crippen LogP contribution in [0.15, 0.2) is 30.4 Å². The van der Waals surface area contributed by atoms with Crippen molar-refractivity contribution in [2.75, 3.05) is 19.6 Å². The van der Waals surface area contributed by atoms with Gasteiger partial charge in [-0.25, -0.2) is 18.8 Å². The summed E-state index contributed by atoms with van der Waals surface area (Å²) >= 11 is 0. The zero-order valence-electron chi connectivity index (χ0n) is 27.2. The molecule has 0 spiro atoms. The SMILES string of the molecule is CC(C)(C)OC(=O)N[C@@H]1CCCCC/C=C\[C@@H]2C[C@]2(C(=O)O)NC(=O)[C@@H]2[C@H]3CN(C(=O)N4Cc5ccc(F)cc5C4)C[C@H]3CN2C1=O. The van der Waals surface area contributed by atoms with Crippen molar-refractivity contribution in [3.63, 3.8) is 0 Å².